The fraction of sp³-hybridized carbons (Fsp3) is 0.375. The molecule has 3 N–H and O–H groups in total. The largest absolute Gasteiger partial charge is 0.462 e. The zero-order valence-electron chi connectivity index (χ0n) is 18.2. The van der Waals surface area contributed by atoms with Gasteiger partial charge in [0.1, 0.15) is 0 Å². The normalized spacial score (nSPS) is 15.1. The summed E-state index contributed by atoms with van der Waals surface area (Å²) in [7, 11) is 0. The van der Waals surface area contributed by atoms with Crippen LogP contribution >= 0.6 is 0 Å². The minimum Gasteiger partial charge on any atom is -0.462 e. The van der Waals surface area contributed by atoms with Gasteiger partial charge in [0.2, 0.25) is 5.91 Å². The van der Waals surface area contributed by atoms with E-state index in [4.69, 9.17) is 9.47 Å². The molecule has 170 valence electrons. The van der Waals surface area contributed by atoms with E-state index < -0.39 is 0 Å². The summed E-state index contributed by atoms with van der Waals surface area (Å²) >= 11 is 0. The van der Waals surface area contributed by atoms with Crippen molar-refractivity contribution in [2.45, 2.75) is 32.3 Å². The molecule has 0 bridgehead atoms. The molecule has 2 aromatic rings. The minimum absolute atomic E-state index is 0.0588. The summed E-state index contributed by atoms with van der Waals surface area (Å²) in [5, 5.41) is 8.66. The third-order valence-corrected chi connectivity index (χ3v) is 4.96. The monoisotopic (exact) mass is 439 g/mol. The molecule has 1 aliphatic heterocycles. The molecule has 2 amide bonds. The fourth-order valence-electron chi connectivity index (χ4n) is 3.21. The summed E-state index contributed by atoms with van der Waals surface area (Å²) in [6, 6.07) is 13.5. The number of nitrogens with one attached hydrogen (secondary N) is 3. The van der Waals surface area contributed by atoms with E-state index in [0.29, 0.717) is 35.7 Å². The van der Waals surface area contributed by atoms with E-state index in [1.54, 1.807) is 48.5 Å². The molecular weight excluding hydrogens is 410 g/mol. The van der Waals surface area contributed by atoms with E-state index in [9.17, 15) is 14.4 Å². The second-order valence-electron chi connectivity index (χ2n) is 7.54. The highest BCUT2D eigenvalue weighted by atomic mass is 16.5. The van der Waals surface area contributed by atoms with Crippen LogP contribution in [0.5, 0.6) is 0 Å². The zero-order chi connectivity index (χ0) is 22.8. The van der Waals surface area contributed by atoms with Crippen molar-refractivity contribution in [2.24, 2.45) is 0 Å². The Bertz CT molecular complexity index is 906. The first kappa shape index (κ1) is 23.3. The predicted octanol–water partition coefficient (Wildman–Crippen LogP) is 3.21. The molecule has 0 aliphatic carbocycles. The number of ether oxygens (including phenoxy) is 2. The van der Waals surface area contributed by atoms with E-state index >= 15 is 0 Å². The molecular formula is C24H29N3O5. The SMILES string of the molecule is CCCOC(=O)c1ccc(NCC(=O)Nc2ccc(C(=O)NCC3CCCO3)cc2)cc1. The minimum atomic E-state index is -0.361. The van der Waals surface area contributed by atoms with Gasteiger partial charge in [-0.2, -0.15) is 0 Å². The first-order valence-corrected chi connectivity index (χ1v) is 10.9. The Hall–Kier alpha value is -3.39. The fourth-order valence-corrected chi connectivity index (χ4v) is 3.21. The van der Waals surface area contributed by atoms with E-state index in [1.807, 2.05) is 6.92 Å². The van der Waals surface area contributed by atoms with Gasteiger partial charge in [0.25, 0.3) is 5.91 Å². The van der Waals surface area contributed by atoms with Crippen LogP contribution in [-0.2, 0) is 14.3 Å². The van der Waals surface area contributed by atoms with Gasteiger partial charge in [-0.1, -0.05) is 6.92 Å². The molecule has 2 aromatic carbocycles. The van der Waals surface area contributed by atoms with Crippen molar-refractivity contribution in [3.05, 3.63) is 59.7 Å². The number of carbonyl (C=O) groups is 3. The molecule has 0 radical (unpaired) electrons. The number of hydrogen-bond donors (Lipinski definition) is 3. The second-order valence-corrected chi connectivity index (χ2v) is 7.54. The molecule has 0 aromatic heterocycles. The van der Waals surface area contributed by atoms with Crippen LogP contribution in [0.1, 0.15) is 46.9 Å². The lowest BCUT2D eigenvalue weighted by atomic mass is 10.2. The molecule has 8 heteroatoms. The molecule has 1 saturated heterocycles. The van der Waals surface area contributed by atoms with Gasteiger partial charge >= 0.3 is 5.97 Å². The van der Waals surface area contributed by atoms with Gasteiger partial charge in [-0.15, -0.1) is 0 Å². The van der Waals surface area contributed by atoms with Gasteiger partial charge in [-0.05, 0) is 67.8 Å². The highest BCUT2D eigenvalue weighted by molar-refractivity contribution is 5.96. The molecule has 0 saturated carbocycles. The molecule has 1 heterocycles. The van der Waals surface area contributed by atoms with Crippen molar-refractivity contribution in [1.29, 1.82) is 0 Å². The summed E-state index contributed by atoms with van der Waals surface area (Å²) < 4.78 is 10.6. The average molecular weight is 440 g/mol. The second kappa shape index (κ2) is 11.9. The van der Waals surface area contributed by atoms with Crippen LogP contribution in [0.15, 0.2) is 48.5 Å². The zero-order valence-corrected chi connectivity index (χ0v) is 18.2. The number of benzene rings is 2. The summed E-state index contributed by atoms with van der Waals surface area (Å²) in [4.78, 5) is 36.2. The van der Waals surface area contributed by atoms with Crippen LogP contribution in [0.2, 0.25) is 0 Å². The summed E-state index contributed by atoms with van der Waals surface area (Å²) in [6.07, 6.45) is 2.86. The molecule has 1 unspecified atom stereocenters. The van der Waals surface area contributed by atoms with Crippen molar-refractivity contribution >= 4 is 29.2 Å². The van der Waals surface area contributed by atoms with Gasteiger partial charge < -0.3 is 25.4 Å². The predicted molar refractivity (Wildman–Crippen MR) is 122 cm³/mol. The molecule has 8 nitrogen and oxygen atoms in total. The van der Waals surface area contributed by atoms with Crippen LogP contribution in [-0.4, -0.2) is 50.2 Å². The lowest BCUT2D eigenvalue weighted by Gasteiger charge is -2.11. The van der Waals surface area contributed by atoms with Crippen molar-refractivity contribution in [3.8, 4) is 0 Å². The Morgan fingerprint density at radius 3 is 2.34 bits per heavy atom. The summed E-state index contributed by atoms with van der Waals surface area (Å²) in [5.41, 5.74) is 2.30. The first-order valence-electron chi connectivity index (χ1n) is 10.9. The Morgan fingerprint density at radius 2 is 1.69 bits per heavy atom. The molecule has 1 fully saturated rings. The number of esters is 1. The standard InChI is InChI=1S/C24H29N3O5/c1-2-13-32-24(30)18-7-9-19(10-8-18)25-16-22(28)27-20-11-5-17(6-12-20)23(29)26-15-21-4-3-14-31-21/h5-12,21,25H,2-4,13-16H2,1H3,(H,26,29)(H,27,28). The number of anilines is 2. The lowest BCUT2D eigenvalue weighted by molar-refractivity contribution is -0.114. The van der Waals surface area contributed by atoms with Gasteiger partial charge in [-0.3, -0.25) is 9.59 Å². The molecule has 32 heavy (non-hydrogen) atoms. The highest BCUT2D eigenvalue weighted by Crippen LogP contribution is 2.13. The Morgan fingerprint density at radius 1 is 1.00 bits per heavy atom. The number of rotatable bonds is 10. The van der Waals surface area contributed by atoms with Crippen molar-refractivity contribution in [2.75, 3.05) is 36.9 Å². The van der Waals surface area contributed by atoms with Crippen LogP contribution in [0, 0.1) is 0 Å². The quantitative estimate of drug-likeness (QED) is 0.491. The molecule has 0 spiro atoms. The maximum atomic E-state index is 12.2. The maximum Gasteiger partial charge on any atom is 0.338 e. The third-order valence-electron chi connectivity index (χ3n) is 4.96. The Kier molecular flexibility index (Phi) is 8.62. The lowest BCUT2D eigenvalue weighted by Crippen LogP contribution is -2.31. The first-order chi connectivity index (χ1) is 15.5. The van der Waals surface area contributed by atoms with Crippen LogP contribution in [0.4, 0.5) is 11.4 Å². The molecule has 3 rings (SSSR count). The van der Waals surface area contributed by atoms with Gasteiger partial charge in [0.15, 0.2) is 0 Å². The number of amides is 2. The number of hydrogen-bond acceptors (Lipinski definition) is 6. The van der Waals surface area contributed by atoms with Crippen molar-refractivity contribution in [1.82, 2.24) is 5.32 Å². The van der Waals surface area contributed by atoms with E-state index in [0.717, 1.165) is 25.9 Å². The highest BCUT2D eigenvalue weighted by Gasteiger charge is 2.16. The molecule has 1 aliphatic rings. The molecule has 1 atom stereocenters. The average Bonchev–Trinajstić information content (AvgIpc) is 3.34. The Labute approximate surface area is 187 Å². The van der Waals surface area contributed by atoms with E-state index in [2.05, 4.69) is 16.0 Å². The van der Waals surface area contributed by atoms with Crippen LogP contribution in [0.3, 0.4) is 0 Å². The number of carbonyl (C=O) groups excluding carboxylic acids is 3. The van der Waals surface area contributed by atoms with Crippen LogP contribution < -0.4 is 16.0 Å². The maximum absolute atomic E-state index is 12.2. The van der Waals surface area contributed by atoms with Crippen molar-refractivity contribution in [3.63, 3.8) is 0 Å². The summed E-state index contributed by atoms with van der Waals surface area (Å²) in [5.74, 6) is -0.755. The topological polar surface area (TPSA) is 106 Å². The van der Waals surface area contributed by atoms with E-state index in [1.165, 1.54) is 0 Å². The van der Waals surface area contributed by atoms with Gasteiger partial charge in [0.05, 0.1) is 24.8 Å². The third kappa shape index (κ3) is 7.09. The van der Waals surface area contributed by atoms with Crippen LogP contribution in [0.25, 0.3) is 0 Å². The van der Waals surface area contributed by atoms with Gasteiger partial charge in [0, 0.05) is 30.1 Å². The van der Waals surface area contributed by atoms with Gasteiger partial charge in [-0.25, -0.2) is 4.79 Å². The smallest absolute Gasteiger partial charge is 0.338 e. The van der Waals surface area contributed by atoms with Crippen molar-refractivity contribution < 1.29 is 23.9 Å². The Balaban J connectivity index is 1.41. The summed E-state index contributed by atoms with van der Waals surface area (Å²) in [6.45, 7) is 3.64. The van der Waals surface area contributed by atoms with E-state index in [-0.39, 0.29) is 30.4 Å².